The van der Waals surface area contributed by atoms with Crippen molar-refractivity contribution < 1.29 is 4.79 Å². The minimum Gasteiger partial charge on any atom is -0.375 e. The Kier molecular flexibility index (Phi) is 6.02. The van der Waals surface area contributed by atoms with Crippen molar-refractivity contribution in [2.75, 3.05) is 25.0 Å². The number of anilines is 1. The summed E-state index contributed by atoms with van der Waals surface area (Å²) < 4.78 is 0. The first-order chi connectivity index (χ1) is 9.32. The largest absolute Gasteiger partial charge is 0.375 e. The van der Waals surface area contributed by atoms with E-state index in [1.807, 2.05) is 39.0 Å². The first-order valence-corrected chi connectivity index (χ1v) is 7.12. The van der Waals surface area contributed by atoms with Crippen LogP contribution in [0.2, 0.25) is 0 Å². The Hall–Kier alpha value is -1.55. The van der Waals surface area contributed by atoms with Crippen LogP contribution in [0.1, 0.15) is 27.2 Å². The average molecular weight is 277 g/mol. The molecule has 20 heavy (non-hydrogen) atoms. The maximum Gasteiger partial charge on any atom is 0.237 e. The van der Waals surface area contributed by atoms with E-state index in [0.29, 0.717) is 6.54 Å². The minimum absolute atomic E-state index is 0.0696. The summed E-state index contributed by atoms with van der Waals surface area (Å²) in [6.45, 7) is 7.47. The molecule has 0 radical (unpaired) electrons. The van der Waals surface area contributed by atoms with E-state index >= 15 is 0 Å². The molecule has 0 saturated carbocycles. The molecule has 4 heteroatoms. The third-order valence-electron chi connectivity index (χ3n) is 3.38. The first-order valence-electron chi connectivity index (χ1n) is 7.12. The molecule has 0 fully saturated rings. The molecule has 0 spiro atoms. The molecule has 0 aliphatic rings. The fourth-order valence-corrected chi connectivity index (χ4v) is 1.84. The summed E-state index contributed by atoms with van der Waals surface area (Å²) >= 11 is 0. The van der Waals surface area contributed by atoms with Gasteiger partial charge in [-0.1, -0.05) is 39.0 Å². The SMILES string of the molecule is CN(CCCNC(=O)[C@@H](N)C(C)(C)C)c1ccccc1. The summed E-state index contributed by atoms with van der Waals surface area (Å²) in [6.07, 6.45) is 0.897. The van der Waals surface area contributed by atoms with Crippen molar-refractivity contribution in [2.45, 2.75) is 33.2 Å². The van der Waals surface area contributed by atoms with E-state index in [1.54, 1.807) is 0 Å². The zero-order valence-electron chi connectivity index (χ0n) is 13.0. The van der Waals surface area contributed by atoms with Crippen LogP contribution in [0.3, 0.4) is 0 Å². The number of hydrogen-bond donors (Lipinski definition) is 2. The standard InChI is InChI=1S/C16H27N3O/c1-16(2,3)14(17)15(20)18-11-8-12-19(4)13-9-6-5-7-10-13/h5-7,9-10,14H,8,11-12,17H2,1-4H3,(H,18,20)/t14-/m1/s1. The molecule has 4 nitrogen and oxygen atoms in total. The molecule has 1 aromatic rings. The van der Waals surface area contributed by atoms with Crippen LogP contribution in [0.15, 0.2) is 30.3 Å². The molecule has 1 aromatic carbocycles. The second-order valence-electron chi connectivity index (χ2n) is 6.25. The number of carbonyl (C=O) groups excluding carboxylic acids is 1. The van der Waals surface area contributed by atoms with Crippen LogP contribution in [0, 0.1) is 5.41 Å². The van der Waals surface area contributed by atoms with E-state index in [9.17, 15) is 4.79 Å². The van der Waals surface area contributed by atoms with Crippen LogP contribution in [0.4, 0.5) is 5.69 Å². The van der Waals surface area contributed by atoms with Gasteiger partial charge >= 0.3 is 0 Å². The highest BCUT2D eigenvalue weighted by Crippen LogP contribution is 2.17. The number of carbonyl (C=O) groups is 1. The molecule has 0 heterocycles. The molecule has 0 saturated heterocycles. The van der Waals surface area contributed by atoms with Gasteiger partial charge in [0.15, 0.2) is 0 Å². The highest BCUT2D eigenvalue weighted by Gasteiger charge is 2.26. The zero-order chi connectivity index (χ0) is 15.2. The van der Waals surface area contributed by atoms with Gasteiger partial charge in [0, 0.05) is 25.8 Å². The van der Waals surface area contributed by atoms with E-state index in [2.05, 4.69) is 29.4 Å². The van der Waals surface area contributed by atoms with Crippen molar-refractivity contribution in [3.05, 3.63) is 30.3 Å². The zero-order valence-corrected chi connectivity index (χ0v) is 13.0. The second kappa shape index (κ2) is 7.29. The number of para-hydroxylation sites is 1. The van der Waals surface area contributed by atoms with Gasteiger partial charge in [-0.3, -0.25) is 4.79 Å². The highest BCUT2D eigenvalue weighted by molar-refractivity contribution is 5.82. The van der Waals surface area contributed by atoms with Crippen LogP contribution in [0.5, 0.6) is 0 Å². The number of nitrogens with two attached hydrogens (primary N) is 1. The Bertz CT molecular complexity index is 411. The van der Waals surface area contributed by atoms with Crippen molar-refractivity contribution in [1.29, 1.82) is 0 Å². The molecule has 0 unspecified atom stereocenters. The van der Waals surface area contributed by atoms with Crippen molar-refractivity contribution in [2.24, 2.45) is 11.1 Å². The molecule has 112 valence electrons. The maximum atomic E-state index is 11.9. The third-order valence-corrected chi connectivity index (χ3v) is 3.38. The molecular formula is C16H27N3O. The number of rotatable bonds is 6. The molecule has 0 aromatic heterocycles. The molecular weight excluding hydrogens is 250 g/mol. The monoisotopic (exact) mass is 277 g/mol. The topological polar surface area (TPSA) is 58.4 Å². The normalized spacial score (nSPS) is 12.8. The predicted octanol–water partition coefficient (Wildman–Crippen LogP) is 2.00. The number of nitrogens with zero attached hydrogens (tertiary/aromatic N) is 1. The number of hydrogen-bond acceptors (Lipinski definition) is 3. The van der Waals surface area contributed by atoms with Crippen molar-refractivity contribution in [3.63, 3.8) is 0 Å². The Morgan fingerprint density at radius 3 is 2.45 bits per heavy atom. The minimum atomic E-state index is -0.464. The molecule has 3 N–H and O–H groups in total. The highest BCUT2D eigenvalue weighted by atomic mass is 16.2. The maximum absolute atomic E-state index is 11.9. The molecule has 0 aliphatic heterocycles. The summed E-state index contributed by atoms with van der Waals surface area (Å²) in [5.74, 6) is -0.0696. The number of benzene rings is 1. The van der Waals surface area contributed by atoms with Crippen molar-refractivity contribution in [3.8, 4) is 0 Å². The fraction of sp³-hybridized carbons (Fsp3) is 0.562. The van der Waals surface area contributed by atoms with Crippen LogP contribution in [-0.2, 0) is 4.79 Å². The van der Waals surface area contributed by atoms with Gasteiger partial charge in [0.1, 0.15) is 0 Å². The lowest BCUT2D eigenvalue weighted by atomic mass is 9.87. The lowest BCUT2D eigenvalue weighted by molar-refractivity contribution is -0.124. The van der Waals surface area contributed by atoms with Gasteiger partial charge in [-0.05, 0) is 24.0 Å². The van der Waals surface area contributed by atoms with Gasteiger partial charge in [-0.15, -0.1) is 0 Å². The third kappa shape index (κ3) is 5.21. The van der Waals surface area contributed by atoms with Crippen molar-refractivity contribution in [1.82, 2.24) is 5.32 Å². The summed E-state index contributed by atoms with van der Waals surface area (Å²) in [6, 6.07) is 9.74. The van der Waals surface area contributed by atoms with Crippen LogP contribution in [-0.4, -0.2) is 32.1 Å². The van der Waals surface area contributed by atoms with Gasteiger partial charge in [-0.2, -0.15) is 0 Å². The lowest BCUT2D eigenvalue weighted by Crippen LogP contribution is -2.49. The molecule has 1 atom stereocenters. The van der Waals surface area contributed by atoms with Crippen LogP contribution < -0.4 is 16.0 Å². The second-order valence-corrected chi connectivity index (χ2v) is 6.25. The average Bonchev–Trinajstić information content (AvgIpc) is 2.42. The van der Waals surface area contributed by atoms with Crippen molar-refractivity contribution >= 4 is 11.6 Å². The molecule has 1 rings (SSSR count). The van der Waals surface area contributed by atoms with Gasteiger partial charge in [0.05, 0.1) is 6.04 Å². The summed E-state index contributed by atoms with van der Waals surface area (Å²) in [5.41, 5.74) is 6.89. The lowest BCUT2D eigenvalue weighted by Gasteiger charge is -2.26. The number of nitrogens with one attached hydrogen (secondary N) is 1. The Morgan fingerprint density at radius 1 is 1.30 bits per heavy atom. The van der Waals surface area contributed by atoms with Gasteiger partial charge in [-0.25, -0.2) is 0 Å². The molecule has 1 amide bonds. The van der Waals surface area contributed by atoms with Crippen LogP contribution >= 0.6 is 0 Å². The summed E-state index contributed by atoms with van der Waals surface area (Å²) in [4.78, 5) is 14.0. The smallest absolute Gasteiger partial charge is 0.237 e. The van der Waals surface area contributed by atoms with E-state index in [1.165, 1.54) is 5.69 Å². The summed E-state index contributed by atoms with van der Waals surface area (Å²) in [5, 5.41) is 2.91. The predicted molar refractivity (Wildman–Crippen MR) is 84.8 cm³/mol. The van der Waals surface area contributed by atoms with E-state index in [0.717, 1.165) is 13.0 Å². The first kappa shape index (κ1) is 16.5. The Labute approximate surface area is 122 Å². The Morgan fingerprint density at radius 2 is 1.90 bits per heavy atom. The van der Waals surface area contributed by atoms with E-state index < -0.39 is 6.04 Å². The Balaban J connectivity index is 2.27. The quantitative estimate of drug-likeness (QED) is 0.782. The van der Waals surface area contributed by atoms with Gasteiger partial charge < -0.3 is 16.0 Å². The fourth-order valence-electron chi connectivity index (χ4n) is 1.84. The van der Waals surface area contributed by atoms with Crippen LogP contribution in [0.25, 0.3) is 0 Å². The van der Waals surface area contributed by atoms with Gasteiger partial charge in [0.2, 0.25) is 5.91 Å². The molecule has 0 bridgehead atoms. The van der Waals surface area contributed by atoms with E-state index in [-0.39, 0.29) is 11.3 Å². The van der Waals surface area contributed by atoms with Gasteiger partial charge in [0.25, 0.3) is 0 Å². The van der Waals surface area contributed by atoms with E-state index in [4.69, 9.17) is 5.73 Å². The molecule has 0 aliphatic carbocycles. The summed E-state index contributed by atoms with van der Waals surface area (Å²) in [7, 11) is 2.05. The number of amides is 1.